The minimum absolute atomic E-state index is 0.159. The van der Waals surface area contributed by atoms with E-state index in [1.807, 2.05) is 7.05 Å². The van der Waals surface area contributed by atoms with E-state index in [1.54, 1.807) is 4.90 Å². The van der Waals surface area contributed by atoms with Crippen LogP contribution in [0.15, 0.2) is 0 Å². The summed E-state index contributed by atoms with van der Waals surface area (Å²) in [7, 11) is 1.85. The van der Waals surface area contributed by atoms with Crippen LogP contribution in [0, 0.1) is 0 Å². The monoisotopic (exact) mass is 270 g/mol. The van der Waals surface area contributed by atoms with Crippen LogP contribution in [0.25, 0.3) is 0 Å². The van der Waals surface area contributed by atoms with Gasteiger partial charge in [0.1, 0.15) is 0 Å². The van der Waals surface area contributed by atoms with E-state index < -0.39 is 0 Å². The zero-order valence-corrected chi connectivity index (χ0v) is 11.8. The maximum Gasteiger partial charge on any atom is 0.236 e. The van der Waals surface area contributed by atoms with Crippen molar-refractivity contribution in [2.24, 2.45) is 0 Å². The number of piperazine rings is 1. The number of likely N-dealkylation sites (N-methyl/N-ethyl adjacent to an activating group) is 1. The molecule has 110 valence electrons. The first kappa shape index (κ1) is 14.7. The maximum absolute atomic E-state index is 11.8. The third kappa shape index (κ3) is 4.72. The van der Waals surface area contributed by atoms with Crippen molar-refractivity contribution in [1.29, 1.82) is 0 Å². The quantitative estimate of drug-likeness (QED) is 0.645. The normalized spacial score (nSPS) is 25.4. The molecule has 0 aromatic rings. The van der Waals surface area contributed by atoms with Crippen molar-refractivity contribution in [3.63, 3.8) is 0 Å². The number of aliphatic hydroxyl groups excluding tert-OH is 1. The van der Waals surface area contributed by atoms with Gasteiger partial charge in [0.15, 0.2) is 0 Å². The summed E-state index contributed by atoms with van der Waals surface area (Å²) in [4.78, 5) is 17.9. The molecule has 0 aliphatic carbocycles. The van der Waals surface area contributed by atoms with Crippen LogP contribution in [0.4, 0.5) is 0 Å². The number of hydrogen-bond acceptors (Lipinski definition) is 5. The van der Waals surface area contributed by atoms with Gasteiger partial charge in [-0.1, -0.05) is 0 Å². The third-order valence-corrected chi connectivity index (χ3v) is 3.90. The molecule has 6 nitrogen and oxygen atoms in total. The molecular formula is C13H26N4O2. The molecular weight excluding hydrogens is 244 g/mol. The van der Waals surface area contributed by atoms with E-state index in [1.165, 1.54) is 0 Å². The Labute approximate surface area is 115 Å². The van der Waals surface area contributed by atoms with Crippen molar-refractivity contribution < 1.29 is 9.90 Å². The molecule has 2 saturated heterocycles. The van der Waals surface area contributed by atoms with Crippen LogP contribution < -0.4 is 5.32 Å². The summed E-state index contributed by atoms with van der Waals surface area (Å²) in [5.41, 5.74) is 0. The Hall–Kier alpha value is -0.690. The largest absolute Gasteiger partial charge is 0.390 e. The fourth-order valence-corrected chi connectivity index (χ4v) is 2.75. The Balaban J connectivity index is 1.74. The summed E-state index contributed by atoms with van der Waals surface area (Å²) in [6.07, 6.45) is 0.622. The third-order valence-electron chi connectivity index (χ3n) is 3.90. The highest BCUT2D eigenvalue weighted by atomic mass is 16.3. The number of carbonyl (C=O) groups is 1. The molecule has 1 atom stereocenters. The topological polar surface area (TPSA) is 59.1 Å². The van der Waals surface area contributed by atoms with Crippen LogP contribution in [-0.4, -0.2) is 97.8 Å². The Bertz CT molecular complexity index is 294. The fourth-order valence-electron chi connectivity index (χ4n) is 2.75. The molecule has 0 spiro atoms. The molecule has 1 unspecified atom stereocenters. The Morgan fingerprint density at radius 3 is 2.58 bits per heavy atom. The van der Waals surface area contributed by atoms with E-state index in [-0.39, 0.29) is 12.0 Å². The Kier molecular flexibility index (Phi) is 5.57. The highest BCUT2D eigenvalue weighted by Crippen LogP contribution is 2.05. The minimum atomic E-state index is -0.366. The summed E-state index contributed by atoms with van der Waals surface area (Å²) in [5, 5.41) is 13.5. The van der Waals surface area contributed by atoms with Crippen molar-refractivity contribution in [3.05, 3.63) is 0 Å². The number of nitrogens with zero attached hydrogens (tertiary/aromatic N) is 3. The van der Waals surface area contributed by atoms with Crippen LogP contribution in [0.5, 0.6) is 0 Å². The van der Waals surface area contributed by atoms with Gasteiger partial charge >= 0.3 is 0 Å². The number of nitrogens with one attached hydrogen (secondary N) is 1. The Morgan fingerprint density at radius 2 is 1.84 bits per heavy atom. The molecule has 0 aromatic heterocycles. The van der Waals surface area contributed by atoms with E-state index in [0.717, 1.165) is 45.7 Å². The van der Waals surface area contributed by atoms with Crippen LogP contribution in [-0.2, 0) is 4.79 Å². The molecule has 2 aliphatic rings. The molecule has 0 saturated carbocycles. The van der Waals surface area contributed by atoms with Crippen LogP contribution >= 0.6 is 0 Å². The molecule has 2 heterocycles. The molecule has 2 fully saturated rings. The average Bonchev–Trinajstić information content (AvgIpc) is 2.53. The van der Waals surface area contributed by atoms with Gasteiger partial charge in [-0.25, -0.2) is 0 Å². The van der Waals surface area contributed by atoms with E-state index >= 15 is 0 Å². The lowest BCUT2D eigenvalue weighted by molar-refractivity contribution is -0.130. The standard InChI is InChI=1S/C13H26N4O2/c1-15-5-2-6-17(11-13(15)19)10-12(18)9-16-7-3-14-4-8-16/h12,14,18H,2-11H2,1H3. The smallest absolute Gasteiger partial charge is 0.236 e. The van der Waals surface area contributed by atoms with Crippen molar-refractivity contribution in [2.75, 3.05) is 66.0 Å². The zero-order valence-electron chi connectivity index (χ0n) is 11.8. The number of aliphatic hydroxyl groups is 1. The molecule has 19 heavy (non-hydrogen) atoms. The number of amides is 1. The first-order chi connectivity index (χ1) is 9.15. The number of carbonyl (C=O) groups excluding carboxylic acids is 1. The van der Waals surface area contributed by atoms with Gasteiger partial charge in [0.2, 0.25) is 5.91 Å². The lowest BCUT2D eigenvalue weighted by Gasteiger charge is -2.31. The molecule has 1 amide bonds. The molecule has 0 radical (unpaired) electrons. The lowest BCUT2D eigenvalue weighted by Crippen LogP contribution is -2.48. The zero-order chi connectivity index (χ0) is 13.7. The lowest BCUT2D eigenvalue weighted by atomic mass is 10.2. The highest BCUT2D eigenvalue weighted by molar-refractivity contribution is 5.78. The van der Waals surface area contributed by atoms with Gasteiger partial charge in [0, 0.05) is 59.4 Å². The van der Waals surface area contributed by atoms with Gasteiger partial charge in [0.05, 0.1) is 12.6 Å². The molecule has 0 bridgehead atoms. The summed E-state index contributed by atoms with van der Waals surface area (Å²) < 4.78 is 0. The second kappa shape index (κ2) is 7.19. The first-order valence-corrected chi connectivity index (χ1v) is 7.22. The van der Waals surface area contributed by atoms with E-state index in [9.17, 15) is 9.90 Å². The molecule has 6 heteroatoms. The van der Waals surface area contributed by atoms with E-state index in [4.69, 9.17) is 0 Å². The number of hydrogen-bond donors (Lipinski definition) is 2. The summed E-state index contributed by atoms with van der Waals surface area (Å²) in [6.45, 7) is 7.47. The van der Waals surface area contributed by atoms with Gasteiger partial charge in [-0.3, -0.25) is 14.6 Å². The van der Waals surface area contributed by atoms with Gasteiger partial charge in [-0.2, -0.15) is 0 Å². The van der Waals surface area contributed by atoms with Crippen LogP contribution in [0.2, 0.25) is 0 Å². The first-order valence-electron chi connectivity index (χ1n) is 7.22. The predicted octanol–water partition coefficient (Wildman–Crippen LogP) is -1.58. The van der Waals surface area contributed by atoms with Crippen molar-refractivity contribution in [2.45, 2.75) is 12.5 Å². The van der Waals surface area contributed by atoms with Gasteiger partial charge in [-0.15, -0.1) is 0 Å². The maximum atomic E-state index is 11.8. The summed E-state index contributed by atoms with van der Waals surface area (Å²) >= 11 is 0. The van der Waals surface area contributed by atoms with Crippen LogP contribution in [0.1, 0.15) is 6.42 Å². The SMILES string of the molecule is CN1CCCN(CC(O)CN2CCNCC2)CC1=O. The summed E-state index contributed by atoms with van der Waals surface area (Å²) in [6, 6.07) is 0. The van der Waals surface area contributed by atoms with E-state index in [2.05, 4.69) is 15.1 Å². The van der Waals surface area contributed by atoms with Gasteiger partial charge < -0.3 is 15.3 Å². The van der Waals surface area contributed by atoms with Crippen molar-refractivity contribution in [3.8, 4) is 0 Å². The summed E-state index contributed by atoms with van der Waals surface area (Å²) in [5.74, 6) is 0.159. The number of β-amino-alcohol motifs (C(OH)–C–C–N with tert-alkyl or cyclic N) is 1. The van der Waals surface area contributed by atoms with Crippen molar-refractivity contribution in [1.82, 2.24) is 20.0 Å². The fraction of sp³-hybridized carbons (Fsp3) is 0.923. The van der Waals surface area contributed by atoms with Crippen LogP contribution in [0.3, 0.4) is 0 Å². The average molecular weight is 270 g/mol. The van der Waals surface area contributed by atoms with Crippen molar-refractivity contribution >= 4 is 5.91 Å². The number of rotatable bonds is 4. The minimum Gasteiger partial charge on any atom is -0.390 e. The van der Waals surface area contributed by atoms with Gasteiger partial charge in [0.25, 0.3) is 0 Å². The molecule has 2 rings (SSSR count). The molecule has 0 aromatic carbocycles. The Morgan fingerprint density at radius 1 is 1.16 bits per heavy atom. The predicted molar refractivity (Wildman–Crippen MR) is 74.0 cm³/mol. The highest BCUT2D eigenvalue weighted by Gasteiger charge is 2.22. The second-order valence-electron chi connectivity index (χ2n) is 5.61. The molecule has 2 aliphatic heterocycles. The molecule has 2 N–H and O–H groups in total. The second-order valence-corrected chi connectivity index (χ2v) is 5.61. The van der Waals surface area contributed by atoms with Gasteiger partial charge in [-0.05, 0) is 6.42 Å². The van der Waals surface area contributed by atoms with E-state index in [0.29, 0.717) is 19.6 Å².